The van der Waals surface area contributed by atoms with Gasteiger partial charge in [0.15, 0.2) is 5.78 Å². The lowest BCUT2D eigenvalue weighted by Gasteiger charge is -2.13. The second kappa shape index (κ2) is 8.97. The number of aromatic nitrogens is 1. The van der Waals surface area contributed by atoms with Gasteiger partial charge >= 0.3 is 0 Å². The van der Waals surface area contributed by atoms with Crippen LogP contribution < -0.4 is 10.1 Å². The van der Waals surface area contributed by atoms with Gasteiger partial charge < -0.3 is 10.1 Å². The summed E-state index contributed by atoms with van der Waals surface area (Å²) in [5, 5.41) is 2.89. The molecular weight excluding hydrogens is 423 g/mol. The highest BCUT2D eigenvalue weighted by Gasteiger charge is 2.28. The average molecular weight is 443 g/mol. The van der Waals surface area contributed by atoms with E-state index < -0.39 is 0 Å². The summed E-state index contributed by atoms with van der Waals surface area (Å²) in [6, 6.07) is 10.2. The highest BCUT2D eigenvalue weighted by Crippen LogP contribution is 2.42. The Labute approximate surface area is 181 Å². The van der Waals surface area contributed by atoms with Gasteiger partial charge in [0.05, 0.1) is 17.2 Å². The van der Waals surface area contributed by atoms with Gasteiger partial charge in [0, 0.05) is 39.7 Å². The van der Waals surface area contributed by atoms with Crippen molar-refractivity contribution in [2.45, 2.75) is 24.3 Å². The number of thioether (sulfide) groups is 1. The Hall–Kier alpha value is -2.71. The van der Waals surface area contributed by atoms with Crippen molar-refractivity contribution in [3.05, 3.63) is 65.0 Å². The van der Waals surface area contributed by atoms with Crippen LogP contribution in [0, 0.1) is 5.82 Å². The zero-order valence-corrected chi connectivity index (χ0v) is 17.8. The molecule has 1 aliphatic rings. The fraction of sp³-hybridized carbons (Fsp3) is 0.227. The second-order valence-corrected chi connectivity index (χ2v) is 9.01. The third-order valence-corrected chi connectivity index (χ3v) is 6.86. The van der Waals surface area contributed by atoms with E-state index in [2.05, 4.69) is 10.3 Å². The van der Waals surface area contributed by atoms with E-state index in [0.29, 0.717) is 34.9 Å². The minimum absolute atomic E-state index is 0.0227. The number of hydrogen-bond donors (Lipinski definition) is 1. The third-order valence-electron chi connectivity index (χ3n) is 4.63. The van der Waals surface area contributed by atoms with Crippen molar-refractivity contribution in [1.29, 1.82) is 0 Å². The van der Waals surface area contributed by atoms with Crippen LogP contribution in [0.3, 0.4) is 0 Å². The van der Waals surface area contributed by atoms with Crippen molar-refractivity contribution >= 4 is 34.8 Å². The van der Waals surface area contributed by atoms with E-state index in [1.54, 1.807) is 18.5 Å². The lowest BCUT2D eigenvalue weighted by atomic mass is 10.0. The third kappa shape index (κ3) is 4.71. The average Bonchev–Trinajstić information content (AvgIpc) is 3.38. The molecule has 3 aromatic rings. The number of Topliss-reactive ketones (excluding diaryl/α,β-unsaturated/α-hetero) is 1. The summed E-state index contributed by atoms with van der Waals surface area (Å²) in [6.07, 6.45) is 3.63. The molecule has 0 aliphatic carbocycles. The Balaban J connectivity index is 1.39. The van der Waals surface area contributed by atoms with Crippen LogP contribution in [-0.4, -0.2) is 35.1 Å². The van der Waals surface area contributed by atoms with E-state index in [4.69, 9.17) is 4.74 Å². The van der Waals surface area contributed by atoms with Crippen LogP contribution >= 0.6 is 23.1 Å². The Morgan fingerprint density at radius 3 is 2.80 bits per heavy atom. The number of ketones is 1. The lowest BCUT2D eigenvalue weighted by molar-refractivity contribution is -0.118. The maximum Gasteiger partial charge on any atom is 0.230 e. The summed E-state index contributed by atoms with van der Waals surface area (Å²) in [5.41, 5.74) is 1.41. The van der Waals surface area contributed by atoms with Gasteiger partial charge in [0.1, 0.15) is 17.7 Å². The number of halogens is 1. The molecule has 0 bridgehead atoms. The molecule has 0 fully saturated rings. The highest BCUT2D eigenvalue weighted by atomic mass is 32.2. The summed E-state index contributed by atoms with van der Waals surface area (Å²) in [5.74, 6) is 0.465. The van der Waals surface area contributed by atoms with Crippen LogP contribution in [0.4, 0.5) is 4.39 Å². The molecule has 2 aromatic heterocycles. The van der Waals surface area contributed by atoms with Crippen LogP contribution in [0.2, 0.25) is 0 Å². The topological polar surface area (TPSA) is 68.3 Å². The number of carbonyl (C=O) groups is 2. The van der Waals surface area contributed by atoms with Crippen LogP contribution in [0.15, 0.2) is 53.7 Å². The molecule has 8 heteroatoms. The first-order valence-corrected chi connectivity index (χ1v) is 11.2. The smallest absolute Gasteiger partial charge is 0.230 e. The first-order chi connectivity index (χ1) is 14.5. The maximum atomic E-state index is 14.2. The van der Waals surface area contributed by atoms with Crippen LogP contribution in [0.5, 0.6) is 5.75 Å². The standard InChI is InChI=1S/C22H19FN2O3S2/c1-13(26)19-2-3-20(30-19)18-10-15(23)8-14-9-16(28-22(14)18)11-25-21(27)12-29-17-4-6-24-7-5-17/h2-8,10,16H,9,11-12H2,1H3,(H,25,27)/t16-/m1/s1. The van der Waals surface area contributed by atoms with Gasteiger partial charge in [-0.05, 0) is 43.3 Å². The Kier molecular flexibility index (Phi) is 6.15. The number of amides is 1. The fourth-order valence-electron chi connectivity index (χ4n) is 3.23. The predicted octanol–water partition coefficient (Wildman–Crippen LogP) is 4.36. The predicted molar refractivity (Wildman–Crippen MR) is 116 cm³/mol. The summed E-state index contributed by atoms with van der Waals surface area (Å²) in [4.78, 5) is 30.1. The molecule has 1 aromatic carbocycles. The molecule has 1 atom stereocenters. The van der Waals surface area contributed by atoms with E-state index in [1.165, 1.54) is 42.2 Å². The van der Waals surface area contributed by atoms with Crippen LogP contribution in [0.1, 0.15) is 22.2 Å². The van der Waals surface area contributed by atoms with Gasteiger partial charge in [0.25, 0.3) is 0 Å². The monoisotopic (exact) mass is 442 g/mol. The number of hydrogen-bond acceptors (Lipinski definition) is 6. The molecule has 1 aliphatic heterocycles. The molecule has 3 heterocycles. The molecule has 0 radical (unpaired) electrons. The van der Waals surface area contributed by atoms with E-state index >= 15 is 0 Å². The van der Waals surface area contributed by atoms with Gasteiger partial charge in [-0.15, -0.1) is 23.1 Å². The van der Waals surface area contributed by atoms with Crippen molar-refractivity contribution in [3.63, 3.8) is 0 Å². The first kappa shape index (κ1) is 20.6. The number of benzene rings is 1. The number of carbonyl (C=O) groups excluding carboxylic acids is 2. The second-order valence-electron chi connectivity index (χ2n) is 6.88. The molecule has 0 saturated carbocycles. The van der Waals surface area contributed by atoms with E-state index in [-0.39, 0.29) is 23.6 Å². The molecule has 4 rings (SSSR count). The summed E-state index contributed by atoms with van der Waals surface area (Å²) in [6.45, 7) is 1.85. The largest absolute Gasteiger partial charge is 0.487 e. The molecule has 30 heavy (non-hydrogen) atoms. The molecule has 5 nitrogen and oxygen atoms in total. The molecule has 0 spiro atoms. The van der Waals surface area contributed by atoms with E-state index in [1.807, 2.05) is 18.2 Å². The normalized spacial score (nSPS) is 14.8. The minimum atomic E-state index is -0.344. The number of ether oxygens (including phenoxy) is 1. The Bertz CT molecular complexity index is 1090. The van der Waals surface area contributed by atoms with Gasteiger partial charge in [0.2, 0.25) is 5.91 Å². The van der Waals surface area contributed by atoms with Crippen molar-refractivity contribution in [1.82, 2.24) is 10.3 Å². The quantitative estimate of drug-likeness (QED) is 0.435. The number of nitrogens with zero attached hydrogens (tertiary/aromatic N) is 1. The summed E-state index contributed by atoms with van der Waals surface area (Å²) >= 11 is 2.76. The molecule has 1 N–H and O–H groups in total. The number of fused-ring (bicyclic) bond motifs is 1. The molecule has 0 saturated heterocycles. The van der Waals surface area contributed by atoms with Crippen molar-refractivity contribution < 1.29 is 18.7 Å². The van der Waals surface area contributed by atoms with E-state index in [9.17, 15) is 14.0 Å². The van der Waals surface area contributed by atoms with Crippen molar-refractivity contribution in [2.24, 2.45) is 0 Å². The Morgan fingerprint density at radius 1 is 1.27 bits per heavy atom. The number of rotatable bonds is 7. The number of nitrogens with one attached hydrogen (secondary N) is 1. The Morgan fingerprint density at radius 2 is 2.07 bits per heavy atom. The SMILES string of the molecule is CC(=O)c1ccc(-c2cc(F)cc3c2O[C@@H](CNC(=O)CSc2ccncc2)C3)s1. The zero-order valence-electron chi connectivity index (χ0n) is 16.2. The van der Waals surface area contributed by atoms with Crippen molar-refractivity contribution in [3.8, 4) is 16.2 Å². The lowest BCUT2D eigenvalue weighted by Crippen LogP contribution is -2.35. The van der Waals surface area contributed by atoms with Gasteiger partial charge in [-0.1, -0.05) is 0 Å². The highest BCUT2D eigenvalue weighted by molar-refractivity contribution is 8.00. The molecule has 154 valence electrons. The maximum absolute atomic E-state index is 14.2. The molecule has 1 amide bonds. The fourth-order valence-corrected chi connectivity index (χ4v) is 4.85. The number of pyridine rings is 1. The molecular formula is C22H19FN2O3S2. The van der Waals surface area contributed by atoms with E-state index in [0.717, 1.165) is 15.3 Å². The summed E-state index contributed by atoms with van der Waals surface area (Å²) in [7, 11) is 0. The first-order valence-electron chi connectivity index (χ1n) is 9.39. The van der Waals surface area contributed by atoms with Gasteiger partial charge in [-0.25, -0.2) is 4.39 Å². The molecule has 0 unspecified atom stereocenters. The zero-order chi connectivity index (χ0) is 21.1. The van der Waals surface area contributed by atoms with Gasteiger partial charge in [-0.2, -0.15) is 0 Å². The van der Waals surface area contributed by atoms with Crippen LogP contribution in [-0.2, 0) is 11.2 Å². The van der Waals surface area contributed by atoms with Crippen LogP contribution in [0.25, 0.3) is 10.4 Å². The summed E-state index contributed by atoms with van der Waals surface area (Å²) < 4.78 is 20.2. The van der Waals surface area contributed by atoms with Crippen molar-refractivity contribution in [2.75, 3.05) is 12.3 Å². The minimum Gasteiger partial charge on any atom is -0.487 e. The van der Waals surface area contributed by atoms with Gasteiger partial charge in [-0.3, -0.25) is 14.6 Å². The number of thiophene rings is 1.